The van der Waals surface area contributed by atoms with Crippen LogP contribution >= 0.6 is 0 Å². The van der Waals surface area contributed by atoms with Crippen LogP contribution in [0.5, 0.6) is 0 Å². The molecule has 2 heterocycles. The number of ether oxygens (including phenoxy) is 1. The monoisotopic (exact) mass is 1330 g/mol. The molecule has 94 heavy (non-hydrogen) atoms. The number of nitrogens with one attached hydrogen (secondary N) is 4. The van der Waals surface area contributed by atoms with E-state index in [2.05, 4.69) is 26.2 Å². The van der Waals surface area contributed by atoms with E-state index in [4.69, 9.17) is 4.74 Å². The minimum Gasteiger partial charge on any atom is -0.450 e. The number of rotatable bonds is 19. The second-order valence-corrected chi connectivity index (χ2v) is 29.6. The number of piperidine rings is 1. The fourth-order valence-corrected chi connectivity index (χ4v) is 12.4. The summed E-state index contributed by atoms with van der Waals surface area (Å²) in [5.41, 5.74) is 0. The van der Waals surface area contributed by atoms with Crippen molar-refractivity contribution in [2.45, 2.75) is 254 Å². The molecule has 7 N–H and O–H groups in total. The average Bonchev–Trinajstić information content (AvgIpc) is 0.810. The SMILES string of the molecule is CC(C)C[C@@H]1NC(=O)[C@H](CC(C)C)N(C)C(=O)[C@H](C(C)C)OC(=O)[C@@H](C)NC(=O)[C@H](CC(C)C)N(C)C(=O)[C@@H](CC(C)C)NC(=O)[C@H](CC(C)C)N(C)C(=O)CN(C)C(=O)[C@H](C(C)O)NC(=O)[C@@H](C(O)[C@H](C)CCN2CCCCC2CO)N(C)C(=O)[C@H](C(C)C)N(C)C1=O. The van der Waals surface area contributed by atoms with Gasteiger partial charge in [0.25, 0.3) is 5.91 Å². The summed E-state index contributed by atoms with van der Waals surface area (Å²) < 4.78 is 5.91. The molecule has 14 atom stereocenters. The van der Waals surface area contributed by atoms with Gasteiger partial charge in [-0.2, -0.15) is 0 Å². The Bertz CT molecular complexity index is 2530. The van der Waals surface area contributed by atoms with Gasteiger partial charge in [0, 0.05) is 48.3 Å². The molecule has 0 aromatic rings. The third-order valence-electron chi connectivity index (χ3n) is 18.1. The van der Waals surface area contributed by atoms with Gasteiger partial charge < -0.3 is 70.7 Å². The normalized spacial score (nSPS) is 27.7. The number of carbonyl (C=O) groups is 11. The Morgan fingerprint density at radius 1 is 0.489 bits per heavy atom. The first-order chi connectivity index (χ1) is 43.5. The van der Waals surface area contributed by atoms with Crippen LogP contribution in [0.25, 0.3) is 0 Å². The van der Waals surface area contributed by atoms with Crippen molar-refractivity contribution in [1.29, 1.82) is 0 Å². The van der Waals surface area contributed by atoms with E-state index in [1.807, 2.05) is 69.2 Å². The largest absolute Gasteiger partial charge is 0.450 e. The predicted octanol–water partition coefficient (Wildman–Crippen LogP) is 2.62. The molecule has 2 aliphatic heterocycles. The van der Waals surface area contributed by atoms with E-state index < -0.39 is 162 Å². The molecule has 26 nitrogen and oxygen atoms in total. The Hall–Kier alpha value is -5.99. The van der Waals surface area contributed by atoms with Gasteiger partial charge in [-0.05, 0) is 126 Å². The molecule has 0 aromatic carbocycles. The van der Waals surface area contributed by atoms with Gasteiger partial charge in [0.15, 0.2) is 6.10 Å². The Labute approximate surface area is 561 Å². The van der Waals surface area contributed by atoms with E-state index in [1.54, 1.807) is 34.6 Å². The van der Waals surface area contributed by atoms with Crippen molar-refractivity contribution >= 4 is 65.0 Å². The minimum atomic E-state index is -1.78. The highest BCUT2D eigenvalue weighted by molar-refractivity contribution is 5.99. The molecule has 0 aliphatic carbocycles. The predicted molar refractivity (Wildman–Crippen MR) is 358 cm³/mol. The second-order valence-electron chi connectivity index (χ2n) is 29.6. The first-order valence-corrected chi connectivity index (χ1v) is 34.2. The fourth-order valence-electron chi connectivity index (χ4n) is 12.4. The lowest BCUT2D eigenvalue weighted by Crippen LogP contribution is -2.64. The van der Waals surface area contributed by atoms with Crippen LogP contribution in [0.1, 0.15) is 175 Å². The third kappa shape index (κ3) is 24.3. The molecule has 2 rings (SSSR count). The maximum Gasteiger partial charge on any atom is 0.329 e. The van der Waals surface area contributed by atoms with Crippen molar-refractivity contribution in [3.8, 4) is 0 Å². The standard InChI is InChI=1S/C68H123N11O15/c1-37(2)30-48-63(88)75(20)51(33-40(7)8)59(84)69-45(16)68(93)94-58(43(13)14)67(92)76(21)52(34-41(9)10)61(86)71-49(31-38(3)4)64(89)77(22)55(42(11)12)66(91)78(23)56(57(83)44(15)27-29-79-28-25-24-26-47(79)36-80)62(87)72-54(46(17)81)65(90)73(18)35-53(82)74(19)50(32-39(5)6)60(85)70-48/h37-52,54-58,80-81,83H,24-36H2,1-23H3,(H,69,84)(H,70,85)(H,71,86)(H,72,87)/t44-,45-,46?,47?,48-,49+,50+,51+,52+,54+,55+,56-,57?,58+/m1/s1. The van der Waals surface area contributed by atoms with E-state index in [-0.39, 0.29) is 74.3 Å². The molecular weight excluding hydrogens is 1210 g/mol. The maximum absolute atomic E-state index is 15.4. The van der Waals surface area contributed by atoms with Crippen molar-refractivity contribution in [1.82, 2.24) is 55.6 Å². The van der Waals surface area contributed by atoms with Gasteiger partial charge in [-0.1, -0.05) is 110 Å². The van der Waals surface area contributed by atoms with Crippen molar-refractivity contribution in [3.63, 3.8) is 0 Å². The van der Waals surface area contributed by atoms with E-state index in [1.165, 1.54) is 70.8 Å². The second kappa shape index (κ2) is 38.7. The fraction of sp³-hybridized carbons (Fsp3) is 0.838. The van der Waals surface area contributed by atoms with Crippen LogP contribution in [0.15, 0.2) is 0 Å². The molecular formula is C68H123N11O15. The first kappa shape index (κ1) is 84.1. The summed E-state index contributed by atoms with van der Waals surface area (Å²) in [6.07, 6.45) is -1.35. The lowest BCUT2D eigenvalue weighted by Gasteiger charge is -2.41. The zero-order chi connectivity index (χ0) is 72.2. The number of hydrogen-bond donors (Lipinski definition) is 7. The number of aliphatic hydroxyl groups is 3. The number of likely N-dealkylation sites (tertiary alicyclic amines) is 1. The van der Waals surface area contributed by atoms with E-state index in [0.717, 1.165) is 34.0 Å². The lowest BCUT2D eigenvalue weighted by atomic mass is 9.90. The topological polar surface area (TPSA) is 328 Å². The van der Waals surface area contributed by atoms with Crippen molar-refractivity contribution in [3.05, 3.63) is 0 Å². The molecule has 0 radical (unpaired) electrons. The van der Waals surface area contributed by atoms with Gasteiger partial charge in [-0.15, -0.1) is 0 Å². The summed E-state index contributed by atoms with van der Waals surface area (Å²) in [6, 6.07) is -12.5. The molecule has 0 aromatic heterocycles. The molecule has 0 spiro atoms. The molecule has 3 unspecified atom stereocenters. The summed E-state index contributed by atoms with van der Waals surface area (Å²) in [6.45, 7) is 29.8. The van der Waals surface area contributed by atoms with Crippen LogP contribution in [0.2, 0.25) is 0 Å². The van der Waals surface area contributed by atoms with Crippen molar-refractivity contribution in [2.24, 2.45) is 47.3 Å². The lowest BCUT2D eigenvalue weighted by molar-refractivity contribution is -0.166. The quantitative estimate of drug-likeness (QED) is 0.0914. The summed E-state index contributed by atoms with van der Waals surface area (Å²) in [4.78, 5) is 171. The molecule has 2 saturated heterocycles. The first-order valence-electron chi connectivity index (χ1n) is 34.2. The zero-order valence-electron chi connectivity index (χ0n) is 61.2. The van der Waals surface area contributed by atoms with Crippen LogP contribution in [0, 0.1) is 47.3 Å². The van der Waals surface area contributed by atoms with E-state index in [0.29, 0.717) is 19.5 Å². The van der Waals surface area contributed by atoms with Crippen LogP contribution in [-0.2, 0) is 57.5 Å². The Morgan fingerprint density at radius 3 is 1.36 bits per heavy atom. The number of likely N-dealkylation sites (N-methyl/N-ethyl adjacent to an activating group) is 6. The average molecular weight is 1330 g/mol. The molecule has 26 heteroatoms. The Morgan fingerprint density at radius 2 is 0.926 bits per heavy atom. The number of cyclic esters (lactones) is 1. The molecule has 10 amide bonds. The zero-order valence-corrected chi connectivity index (χ0v) is 61.2. The van der Waals surface area contributed by atoms with Crippen molar-refractivity contribution in [2.75, 3.05) is 68.5 Å². The van der Waals surface area contributed by atoms with Crippen LogP contribution in [-0.4, -0.2) is 262 Å². The maximum atomic E-state index is 15.4. The number of aliphatic hydroxyl groups excluding tert-OH is 3. The highest BCUT2D eigenvalue weighted by Crippen LogP contribution is 2.26. The van der Waals surface area contributed by atoms with Gasteiger partial charge in [0.1, 0.15) is 54.4 Å². The summed E-state index contributed by atoms with van der Waals surface area (Å²) >= 11 is 0. The molecule has 2 fully saturated rings. The van der Waals surface area contributed by atoms with Gasteiger partial charge in [0.2, 0.25) is 53.2 Å². The minimum absolute atomic E-state index is 0.0697. The number of nitrogens with zero attached hydrogens (tertiary/aromatic N) is 7. The molecule has 0 saturated carbocycles. The molecule has 2 aliphatic rings. The smallest absolute Gasteiger partial charge is 0.329 e. The van der Waals surface area contributed by atoms with Gasteiger partial charge >= 0.3 is 5.97 Å². The molecule has 0 bridgehead atoms. The van der Waals surface area contributed by atoms with Gasteiger partial charge in [0.05, 0.1) is 25.4 Å². The number of esters is 1. The highest BCUT2D eigenvalue weighted by Gasteiger charge is 2.46. The highest BCUT2D eigenvalue weighted by atomic mass is 16.6. The molecule has 540 valence electrons. The summed E-state index contributed by atoms with van der Waals surface area (Å²) in [5.74, 6) is -11.7. The van der Waals surface area contributed by atoms with Crippen LogP contribution in [0.3, 0.4) is 0 Å². The summed E-state index contributed by atoms with van der Waals surface area (Å²) in [5, 5.41) is 45.1. The summed E-state index contributed by atoms with van der Waals surface area (Å²) in [7, 11) is 8.14. The van der Waals surface area contributed by atoms with Gasteiger partial charge in [-0.3, -0.25) is 52.8 Å². The number of amides is 10. The van der Waals surface area contributed by atoms with E-state index in [9.17, 15) is 53.7 Å². The van der Waals surface area contributed by atoms with Crippen LogP contribution in [0.4, 0.5) is 0 Å². The Balaban J connectivity index is 3.04. The van der Waals surface area contributed by atoms with Crippen molar-refractivity contribution < 1.29 is 72.8 Å². The van der Waals surface area contributed by atoms with E-state index >= 15 is 14.4 Å². The third-order valence-corrected chi connectivity index (χ3v) is 18.1. The number of carbonyl (C=O) groups excluding carboxylic acids is 11. The van der Waals surface area contributed by atoms with Crippen LogP contribution < -0.4 is 21.3 Å². The Kier molecular flexibility index (Phi) is 34.6. The van der Waals surface area contributed by atoms with Gasteiger partial charge in [-0.25, -0.2) is 4.79 Å². The number of hydrogen-bond acceptors (Lipinski definition) is 16.